The van der Waals surface area contributed by atoms with Gasteiger partial charge in [-0.3, -0.25) is 4.98 Å². The molecule has 0 N–H and O–H groups in total. The van der Waals surface area contributed by atoms with Crippen LogP contribution in [0.3, 0.4) is 0 Å². The van der Waals surface area contributed by atoms with E-state index >= 15 is 0 Å². The van der Waals surface area contributed by atoms with Crippen molar-refractivity contribution in [2.75, 3.05) is 0 Å². The van der Waals surface area contributed by atoms with Crippen LogP contribution in [0.15, 0.2) is 60.9 Å². The first kappa shape index (κ1) is 13.3. The summed E-state index contributed by atoms with van der Waals surface area (Å²) in [6.07, 6.45) is 5.15. The average molecular weight is 252 g/mol. The summed E-state index contributed by atoms with van der Waals surface area (Å²) in [7, 11) is 0. The van der Waals surface area contributed by atoms with Crippen LogP contribution in [0.5, 0.6) is 0 Å². The number of aromatic nitrogens is 2. The van der Waals surface area contributed by atoms with E-state index in [9.17, 15) is 0 Å². The second kappa shape index (κ2) is 6.74. The summed E-state index contributed by atoms with van der Waals surface area (Å²) in [4.78, 5) is 4.18. The number of benzene rings is 1. The Morgan fingerprint density at radius 1 is 1.00 bits per heavy atom. The summed E-state index contributed by atoms with van der Waals surface area (Å²) in [6, 6.07) is 16.3. The Balaban J connectivity index is 0.000000141. The molecule has 0 aliphatic rings. The number of hydrogen-bond acceptors (Lipinski definition) is 1. The second-order valence-corrected chi connectivity index (χ2v) is 4.54. The van der Waals surface area contributed by atoms with Crippen LogP contribution in [0.1, 0.15) is 19.0 Å². The molecule has 0 aliphatic heterocycles. The Labute approximate surface area is 114 Å². The lowest BCUT2D eigenvalue weighted by molar-refractivity contribution is 0.666. The van der Waals surface area contributed by atoms with E-state index in [4.69, 9.17) is 0 Å². The predicted octanol–water partition coefficient (Wildman–Crippen LogP) is 4.44. The molecule has 98 valence electrons. The number of aryl methyl sites for hydroxylation is 2. The molecule has 3 aromatic rings. The van der Waals surface area contributed by atoms with Crippen LogP contribution in [0.2, 0.25) is 0 Å². The zero-order valence-corrected chi connectivity index (χ0v) is 11.6. The van der Waals surface area contributed by atoms with Crippen molar-refractivity contribution in [1.82, 2.24) is 9.55 Å². The molecular weight excluding hydrogens is 232 g/mol. The minimum Gasteiger partial charge on any atom is -0.352 e. The standard InChI is InChI=1S/C9H7N.C8H13N/c1-2-6-9-8(4-1)5-3-7-10-9;1-3-6-9-7-4-5-8(9)2/h1-7H;4-5,7H,3,6H2,1-2H3. The molecule has 0 aliphatic carbocycles. The van der Waals surface area contributed by atoms with Gasteiger partial charge in [-0.2, -0.15) is 0 Å². The van der Waals surface area contributed by atoms with Gasteiger partial charge in [-0.25, -0.2) is 0 Å². The Morgan fingerprint density at radius 2 is 1.79 bits per heavy atom. The highest BCUT2D eigenvalue weighted by molar-refractivity contribution is 5.77. The van der Waals surface area contributed by atoms with Crippen LogP contribution < -0.4 is 0 Å². The number of rotatable bonds is 2. The van der Waals surface area contributed by atoms with Gasteiger partial charge in [-0.15, -0.1) is 0 Å². The molecule has 3 rings (SSSR count). The van der Waals surface area contributed by atoms with Gasteiger partial charge in [0, 0.05) is 30.0 Å². The van der Waals surface area contributed by atoms with Crippen LogP contribution in [-0.2, 0) is 6.54 Å². The van der Waals surface area contributed by atoms with Gasteiger partial charge in [0.1, 0.15) is 0 Å². The third-order valence-corrected chi connectivity index (χ3v) is 3.03. The quantitative estimate of drug-likeness (QED) is 0.659. The van der Waals surface area contributed by atoms with Crippen molar-refractivity contribution in [1.29, 1.82) is 0 Å². The van der Waals surface area contributed by atoms with Crippen molar-refractivity contribution < 1.29 is 0 Å². The summed E-state index contributed by atoms with van der Waals surface area (Å²) >= 11 is 0. The number of para-hydroxylation sites is 1. The lowest BCUT2D eigenvalue weighted by Gasteiger charge is -2.00. The first-order chi connectivity index (χ1) is 9.31. The summed E-state index contributed by atoms with van der Waals surface area (Å²) < 4.78 is 2.26. The maximum absolute atomic E-state index is 4.18. The molecule has 0 fully saturated rings. The number of fused-ring (bicyclic) bond motifs is 1. The summed E-state index contributed by atoms with van der Waals surface area (Å²) in [5, 5.41) is 1.20. The van der Waals surface area contributed by atoms with E-state index in [1.807, 2.05) is 30.5 Å². The van der Waals surface area contributed by atoms with E-state index in [1.54, 1.807) is 0 Å². The lowest BCUT2D eigenvalue weighted by Crippen LogP contribution is -1.95. The smallest absolute Gasteiger partial charge is 0.0701 e. The molecule has 0 atom stereocenters. The van der Waals surface area contributed by atoms with Crippen LogP contribution in [0.4, 0.5) is 0 Å². The molecule has 2 heteroatoms. The van der Waals surface area contributed by atoms with Crippen LogP contribution in [0, 0.1) is 6.92 Å². The lowest BCUT2D eigenvalue weighted by atomic mass is 10.2. The van der Waals surface area contributed by atoms with Crippen LogP contribution in [-0.4, -0.2) is 9.55 Å². The maximum atomic E-state index is 4.18. The molecule has 19 heavy (non-hydrogen) atoms. The van der Waals surface area contributed by atoms with E-state index in [2.05, 4.69) is 53.9 Å². The zero-order valence-electron chi connectivity index (χ0n) is 11.6. The van der Waals surface area contributed by atoms with Crippen molar-refractivity contribution in [2.24, 2.45) is 0 Å². The van der Waals surface area contributed by atoms with E-state index in [0.29, 0.717) is 0 Å². The number of hydrogen-bond donors (Lipinski definition) is 0. The van der Waals surface area contributed by atoms with Crippen molar-refractivity contribution in [3.63, 3.8) is 0 Å². The first-order valence-corrected chi connectivity index (χ1v) is 6.72. The Morgan fingerprint density at radius 3 is 2.47 bits per heavy atom. The van der Waals surface area contributed by atoms with E-state index in [1.165, 1.54) is 17.5 Å². The van der Waals surface area contributed by atoms with Crippen LogP contribution >= 0.6 is 0 Å². The molecule has 2 heterocycles. The van der Waals surface area contributed by atoms with Gasteiger partial charge in [0.2, 0.25) is 0 Å². The van der Waals surface area contributed by atoms with Crippen LogP contribution in [0.25, 0.3) is 10.9 Å². The molecule has 0 saturated heterocycles. The van der Waals surface area contributed by atoms with Gasteiger partial charge in [0.15, 0.2) is 0 Å². The number of nitrogens with zero attached hydrogens (tertiary/aromatic N) is 2. The Bertz CT molecular complexity index is 560. The second-order valence-electron chi connectivity index (χ2n) is 4.54. The van der Waals surface area contributed by atoms with Crippen molar-refractivity contribution in [2.45, 2.75) is 26.8 Å². The largest absolute Gasteiger partial charge is 0.352 e. The highest BCUT2D eigenvalue weighted by Crippen LogP contribution is 2.07. The molecule has 0 amide bonds. The fraction of sp³-hybridized carbons (Fsp3) is 0.235. The maximum Gasteiger partial charge on any atom is 0.0701 e. The van der Waals surface area contributed by atoms with Gasteiger partial charge in [0.05, 0.1) is 5.52 Å². The van der Waals surface area contributed by atoms with E-state index in [0.717, 1.165) is 12.1 Å². The zero-order chi connectivity index (χ0) is 13.5. The third-order valence-electron chi connectivity index (χ3n) is 3.03. The Kier molecular flexibility index (Phi) is 4.73. The monoisotopic (exact) mass is 252 g/mol. The highest BCUT2D eigenvalue weighted by Gasteiger charge is 1.90. The highest BCUT2D eigenvalue weighted by atomic mass is 14.9. The van der Waals surface area contributed by atoms with Crippen molar-refractivity contribution in [3.8, 4) is 0 Å². The van der Waals surface area contributed by atoms with Gasteiger partial charge in [-0.1, -0.05) is 31.2 Å². The molecule has 2 nitrogen and oxygen atoms in total. The predicted molar refractivity (Wildman–Crippen MR) is 81.2 cm³/mol. The molecule has 2 aromatic heterocycles. The summed E-state index contributed by atoms with van der Waals surface area (Å²) in [6.45, 7) is 5.48. The fourth-order valence-corrected chi connectivity index (χ4v) is 2.01. The fourth-order valence-electron chi connectivity index (χ4n) is 2.01. The van der Waals surface area contributed by atoms with Crippen molar-refractivity contribution in [3.05, 3.63) is 66.6 Å². The minimum absolute atomic E-state index is 1.06. The van der Waals surface area contributed by atoms with Gasteiger partial charge in [-0.05, 0) is 37.6 Å². The molecular formula is C17H20N2. The topological polar surface area (TPSA) is 17.8 Å². The molecule has 0 saturated carbocycles. The molecule has 0 unspecified atom stereocenters. The Hall–Kier alpha value is -2.09. The molecule has 0 radical (unpaired) electrons. The normalized spacial score (nSPS) is 10.0. The van der Waals surface area contributed by atoms with Gasteiger partial charge >= 0.3 is 0 Å². The van der Waals surface area contributed by atoms with E-state index < -0.39 is 0 Å². The summed E-state index contributed by atoms with van der Waals surface area (Å²) in [5.74, 6) is 0. The average Bonchev–Trinajstić information content (AvgIpc) is 2.86. The third kappa shape index (κ3) is 3.68. The van der Waals surface area contributed by atoms with Crippen molar-refractivity contribution >= 4 is 10.9 Å². The van der Waals surface area contributed by atoms with E-state index in [-0.39, 0.29) is 0 Å². The molecule has 0 bridgehead atoms. The number of pyridine rings is 1. The molecule has 0 spiro atoms. The van der Waals surface area contributed by atoms with Gasteiger partial charge in [0.25, 0.3) is 0 Å². The summed E-state index contributed by atoms with van der Waals surface area (Å²) in [5.41, 5.74) is 2.42. The minimum atomic E-state index is 1.06. The van der Waals surface area contributed by atoms with Gasteiger partial charge < -0.3 is 4.57 Å². The SMILES string of the molecule is CCCn1cccc1C.c1ccc2ncccc2c1. The first-order valence-electron chi connectivity index (χ1n) is 6.72. The molecule has 1 aromatic carbocycles.